The molecule has 0 aliphatic rings. The third-order valence-electron chi connectivity index (χ3n) is 8.57. The number of aliphatic carboxylic acids is 1. The maximum absolute atomic E-state index is 12.6. The monoisotopic (exact) mass is 637 g/mol. The van der Waals surface area contributed by atoms with Crippen LogP contribution in [0.25, 0.3) is 0 Å². The molecule has 0 aromatic rings. The van der Waals surface area contributed by atoms with Gasteiger partial charge in [-0.2, -0.15) is 0 Å². The lowest BCUT2D eigenvalue weighted by atomic mass is 10.0. The van der Waals surface area contributed by atoms with Crippen molar-refractivity contribution in [2.75, 3.05) is 6.54 Å². The lowest BCUT2D eigenvalue weighted by molar-refractivity contribution is -0.147. The van der Waals surface area contributed by atoms with Gasteiger partial charge in [0.2, 0.25) is 5.91 Å². The molecule has 4 N–H and O–H groups in total. The van der Waals surface area contributed by atoms with Crippen molar-refractivity contribution >= 4 is 17.8 Å². The third kappa shape index (κ3) is 30.5. The Hall–Kier alpha value is -1.89. The van der Waals surface area contributed by atoms with Gasteiger partial charge in [0, 0.05) is 12.8 Å². The van der Waals surface area contributed by atoms with E-state index >= 15 is 0 Å². The second kappa shape index (κ2) is 33.5. The minimum Gasteiger partial charge on any atom is -0.480 e. The predicted molar refractivity (Wildman–Crippen MR) is 188 cm³/mol. The maximum Gasteiger partial charge on any atom is 0.326 e. The summed E-state index contributed by atoms with van der Waals surface area (Å²) in [5, 5.41) is 11.9. The van der Waals surface area contributed by atoms with Crippen molar-refractivity contribution in [3.05, 3.63) is 12.2 Å². The summed E-state index contributed by atoms with van der Waals surface area (Å²) >= 11 is 0. The molecule has 0 fully saturated rings. The molecule has 0 aromatic carbocycles. The standard InChI is InChI=1S/C38H72N2O5/c1-3-5-7-9-10-11-12-13-14-15-16-17-18-20-26-32-37(42)45-34(28-23-19-8-6-4-2)29-24-21-22-25-31-36(41)40-35(38(43)44)30-27-33-39/h23,28,34-35H,3-22,24-27,29-33,39H2,1-2H3,(H,40,41)(H,43,44)/b28-23-. The number of amides is 1. The number of carboxylic acid groups (broad SMARTS) is 1. The minimum atomic E-state index is -1.01. The predicted octanol–water partition coefficient (Wildman–Crippen LogP) is 9.95. The van der Waals surface area contributed by atoms with Gasteiger partial charge in [-0.3, -0.25) is 9.59 Å². The van der Waals surface area contributed by atoms with Crippen LogP contribution in [0.4, 0.5) is 0 Å². The molecule has 0 aliphatic carbocycles. The quantitative estimate of drug-likeness (QED) is 0.0367. The van der Waals surface area contributed by atoms with Crippen LogP contribution < -0.4 is 11.1 Å². The molecule has 2 atom stereocenters. The summed E-state index contributed by atoms with van der Waals surface area (Å²) in [6, 6.07) is -0.866. The fraction of sp³-hybridized carbons (Fsp3) is 0.868. The van der Waals surface area contributed by atoms with Crippen LogP contribution in [0.2, 0.25) is 0 Å². The van der Waals surface area contributed by atoms with Crippen molar-refractivity contribution < 1.29 is 24.2 Å². The van der Waals surface area contributed by atoms with Crippen LogP contribution in [0.1, 0.15) is 194 Å². The molecule has 45 heavy (non-hydrogen) atoms. The van der Waals surface area contributed by atoms with E-state index in [1.807, 2.05) is 0 Å². The molecule has 0 saturated carbocycles. The molecule has 2 unspecified atom stereocenters. The molecule has 7 heteroatoms. The molecular weight excluding hydrogens is 564 g/mol. The molecule has 0 spiro atoms. The van der Waals surface area contributed by atoms with Gasteiger partial charge >= 0.3 is 11.9 Å². The summed E-state index contributed by atoms with van der Waals surface area (Å²) in [4.78, 5) is 36.0. The summed E-state index contributed by atoms with van der Waals surface area (Å²) in [7, 11) is 0. The van der Waals surface area contributed by atoms with E-state index in [1.165, 1.54) is 96.3 Å². The van der Waals surface area contributed by atoms with E-state index in [1.54, 1.807) is 0 Å². The van der Waals surface area contributed by atoms with E-state index in [0.717, 1.165) is 51.4 Å². The molecule has 1 amide bonds. The number of carbonyl (C=O) groups is 3. The Balaban J connectivity index is 4.11. The molecule has 7 nitrogen and oxygen atoms in total. The number of carbonyl (C=O) groups excluding carboxylic acids is 2. The molecule has 0 rings (SSSR count). The Bertz CT molecular complexity index is 727. The fourth-order valence-electron chi connectivity index (χ4n) is 5.65. The van der Waals surface area contributed by atoms with E-state index < -0.39 is 12.0 Å². The van der Waals surface area contributed by atoms with Gasteiger partial charge in [-0.25, -0.2) is 4.79 Å². The smallest absolute Gasteiger partial charge is 0.326 e. The minimum absolute atomic E-state index is 0.0906. The van der Waals surface area contributed by atoms with E-state index in [-0.39, 0.29) is 18.0 Å². The molecule has 0 bridgehead atoms. The van der Waals surface area contributed by atoms with Gasteiger partial charge in [-0.1, -0.05) is 135 Å². The van der Waals surface area contributed by atoms with Gasteiger partial charge in [-0.05, 0) is 64.0 Å². The maximum atomic E-state index is 12.6. The summed E-state index contributed by atoms with van der Waals surface area (Å²) < 4.78 is 5.86. The SMILES string of the molecule is CCCCC/C=C\C(CCCCCCC(=O)NC(CCCN)C(=O)O)OC(=O)CCCCCCCCCCCCCCCCC. The molecule has 0 aromatic heterocycles. The summed E-state index contributed by atoms with van der Waals surface area (Å²) in [6.45, 7) is 4.88. The average Bonchev–Trinajstić information content (AvgIpc) is 3.02. The van der Waals surface area contributed by atoms with Crippen molar-refractivity contribution in [3.8, 4) is 0 Å². The van der Waals surface area contributed by atoms with Crippen molar-refractivity contribution in [3.63, 3.8) is 0 Å². The topological polar surface area (TPSA) is 119 Å². The highest BCUT2D eigenvalue weighted by Crippen LogP contribution is 2.16. The highest BCUT2D eigenvalue weighted by atomic mass is 16.5. The zero-order valence-corrected chi connectivity index (χ0v) is 29.5. The molecule has 0 aliphatic heterocycles. The van der Waals surface area contributed by atoms with Gasteiger partial charge in [-0.15, -0.1) is 0 Å². The lowest BCUT2D eigenvalue weighted by Gasteiger charge is -2.15. The van der Waals surface area contributed by atoms with Crippen molar-refractivity contribution in [2.24, 2.45) is 5.73 Å². The molecule has 0 saturated heterocycles. The zero-order chi connectivity index (χ0) is 33.2. The average molecular weight is 637 g/mol. The van der Waals surface area contributed by atoms with Crippen LogP contribution in [-0.4, -0.2) is 41.6 Å². The third-order valence-corrected chi connectivity index (χ3v) is 8.57. The Morgan fingerprint density at radius 2 is 1.13 bits per heavy atom. The first-order chi connectivity index (χ1) is 21.9. The van der Waals surface area contributed by atoms with Gasteiger partial charge in [0.05, 0.1) is 0 Å². The lowest BCUT2D eigenvalue weighted by Crippen LogP contribution is -2.40. The first-order valence-corrected chi connectivity index (χ1v) is 19.0. The van der Waals surface area contributed by atoms with Crippen LogP contribution in [0, 0.1) is 0 Å². The van der Waals surface area contributed by atoms with Crippen LogP contribution in [0.3, 0.4) is 0 Å². The number of rotatable bonds is 34. The van der Waals surface area contributed by atoms with Crippen molar-refractivity contribution in [2.45, 2.75) is 206 Å². The number of allylic oxidation sites excluding steroid dienone is 1. The molecule has 0 heterocycles. The fourth-order valence-corrected chi connectivity index (χ4v) is 5.65. The normalized spacial score (nSPS) is 12.8. The first kappa shape index (κ1) is 43.1. The second-order valence-electron chi connectivity index (χ2n) is 13.0. The van der Waals surface area contributed by atoms with Gasteiger partial charge < -0.3 is 20.9 Å². The summed E-state index contributed by atoms with van der Waals surface area (Å²) in [5.74, 6) is -1.33. The zero-order valence-electron chi connectivity index (χ0n) is 29.5. The van der Waals surface area contributed by atoms with E-state index in [9.17, 15) is 19.5 Å². The Morgan fingerprint density at radius 1 is 0.644 bits per heavy atom. The van der Waals surface area contributed by atoms with Crippen LogP contribution in [0.5, 0.6) is 0 Å². The Kier molecular flexibility index (Phi) is 32.1. The number of hydrogen-bond acceptors (Lipinski definition) is 5. The summed E-state index contributed by atoms with van der Waals surface area (Å²) in [6.07, 6.45) is 34.2. The number of carboxylic acids is 1. The van der Waals surface area contributed by atoms with Gasteiger partial charge in [0.15, 0.2) is 0 Å². The van der Waals surface area contributed by atoms with Crippen LogP contribution in [0.15, 0.2) is 12.2 Å². The molecule has 0 radical (unpaired) electrons. The number of esters is 1. The first-order valence-electron chi connectivity index (χ1n) is 19.0. The largest absolute Gasteiger partial charge is 0.480 e. The number of nitrogens with two attached hydrogens (primary N) is 1. The highest BCUT2D eigenvalue weighted by Gasteiger charge is 2.19. The Labute approximate surface area is 277 Å². The van der Waals surface area contributed by atoms with Gasteiger partial charge in [0.1, 0.15) is 12.1 Å². The van der Waals surface area contributed by atoms with Gasteiger partial charge in [0.25, 0.3) is 0 Å². The molecular formula is C38H72N2O5. The molecule has 264 valence electrons. The highest BCUT2D eigenvalue weighted by molar-refractivity contribution is 5.83. The number of nitrogens with one attached hydrogen (secondary N) is 1. The number of unbranched alkanes of at least 4 members (excludes halogenated alkanes) is 20. The van der Waals surface area contributed by atoms with Crippen molar-refractivity contribution in [1.29, 1.82) is 0 Å². The van der Waals surface area contributed by atoms with Crippen LogP contribution >= 0.6 is 0 Å². The number of hydrogen-bond donors (Lipinski definition) is 3. The second-order valence-corrected chi connectivity index (χ2v) is 13.0. The van der Waals surface area contributed by atoms with E-state index in [0.29, 0.717) is 38.6 Å². The van der Waals surface area contributed by atoms with E-state index in [2.05, 4.69) is 31.3 Å². The Morgan fingerprint density at radius 3 is 1.67 bits per heavy atom. The van der Waals surface area contributed by atoms with Crippen molar-refractivity contribution in [1.82, 2.24) is 5.32 Å². The summed E-state index contributed by atoms with van der Waals surface area (Å²) in [5.41, 5.74) is 5.46. The van der Waals surface area contributed by atoms with Crippen LogP contribution in [-0.2, 0) is 19.1 Å². The van der Waals surface area contributed by atoms with E-state index in [4.69, 9.17) is 10.5 Å². The number of ether oxygens (including phenoxy) is 1.